The summed E-state index contributed by atoms with van der Waals surface area (Å²) in [7, 11) is 0. The van der Waals surface area contributed by atoms with Gasteiger partial charge in [0.1, 0.15) is 6.07 Å². The van der Waals surface area contributed by atoms with Crippen LogP contribution in [-0.4, -0.2) is 0 Å². The Labute approximate surface area is 122 Å². The Balaban J connectivity index is 2.02. The highest BCUT2D eigenvalue weighted by molar-refractivity contribution is 9.10. The molecule has 3 heteroatoms. The standard InChI is InChI=1S/C16H15BrN2/c1-2-12-3-5-13(6-4-12)11-19-15-8-7-14(10-18)16(17)9-15/h3-9,19H,2,11H2,1H3. The van der Waals surface area contributed by atoms with E-state index < -0.39 is 0 Å². The van der Waals surface area contributed by atoms with Crippen molar-refractivity contribution in [1.82, 2.24) is 0 Å². The summed E-state index contributed by atoms with van der Waals surface area (Å²) in [6.45, 7) is 2.93. The summed E-state index contributed by atoms with van der Waals surface area (Å²) in [5.74, 6) is 0. The first-order valence-electron chi connectivity index (χ1n) is 6.24. The minimum absolute atomic E-state index is 0.651. The fraction of sp³-hybridized carbons (Fsp3) is 0.188. The first-order chi connectivity index (χ1) is 9.22. The number of benzene rings is 2. The SMILES string of the molecule is CCc1ccc(CNc2ccc(C#N)c(Br)c2)cc1. The summed E-state index contributed by atoms with van der Waals surface area (Å²) in [6.07, 6.45) is 1.07. The van der Waals surface area contributed by atoms with Crippen molar-refractivity contribution in [3.8, 4) is 6.07 Å². The molecular weight excluding hydrogens is 300 g/mol. The lowest BCUT2D eigenvalue weighted by atomic mass is 10.1. The van der Waals surface area contributed by atoms with Crippen molar-refractivity contribution in [3.05, 3.63) is 63.6 Å². The van der Waals surface area contributed by atoms with Crippen LogP contribution in [-0.2, 0) is 13.0 Å². The minimum atomic E-state index is 0.651. The second-order valence-corrected chi connectivity index (χ2v) is 5.18. The summed E-state index contributed by atoms with van der Waals surface area (Å²) in [4.78, 5) is 0. The molecule has 96 valence electrons. The van der Waals surface area contributed by atoms with Crippen LogP contribution < -0.4 is 5.32 Å². The molecule has 19 heavy (non-hydrogen) atoms. The van der Waals surface area contributed by atoms with Gasteiger partial charge in [-0.05, 0) is 51.7 Å². The van der Waals surface area contributed by atoms with Gasteiger partial charge in [0.2, 0.25) is 0 Å². The molecule has 0 saturated heterocycles. The third-order valence-corrected chi connectivity index (χ3v) is 3.67. The zero-order chi connectivity index (χ0) is 13.7. The van der Waals surface area contributed by atoms with E-state index in [-0.39, 0.29) is 0 Å². The molecule has 0 fully saturated rings. The van der Waals surface area contributed by atoms with E-state index in [4.69, 9.17) is 5.26 Å². The zero-order valence-electron chi connectivity index (χ0n) is 10.8. The lowest BCUT2D eigenvalue weighted by Crippen LogP contribution is -1.99. The van der Waals surface area contributed by atoms with Crippen molar-refractivity contribution >= 4 is 21.6 Å². The highest BCUT2D eigenvalue weighted by atomic mass is 79.9. The Morgan fingerprint density at radius 1 is 1.11 bits per heavy atom. The van der Waals surface area contributed by atoms with E-state index in [2.05, 4.69) is 58.5 Å². The quantitative estimate of drug-likeness (QED) is 0.902. The number of hydrogen-bond donors (Lipinski definition) is 1. The van der Waals surface area contributed by atoms with Gasteiger partial charge in [0, 0.05) is 16.7 Å². The molecule has 2 rings (SSSR count). The highest BCUT2D eigenvalue weighted by Crippen LogP contribution is 2.21. The van der Waals surface area contributed by atoms with Crippen molar-refractivity contribution in [3.63, 3.8) is 0 Å². The van der Waals surface area contributed by atoms with Crippen LogP contribution in [0.3, 0.4) is 0 Å². The second-order valence-electron chi connectivity index (χ2n) is 4.33. The first kappa shape index (κ1) is 13.6. The van der Waals surface area contributed by atoms with Gasteiger partial charge in [0.15, 0.2) is 0 Å². The number of rotatable bonds is 4. The number of anilines is 1. The zero-order valence-corrected chi connectivity index (χ0v) is 12.4. The van der Waals surface area contributed by atoms with Gasteiger partial charge in [0.05, 0.1) is 5.56 Å². The molecule has 2 aromatic carbocycles. The number of nitrogens with zero attached hydrogens (tertiary/aromatic N) is 1. The molecule has 0 saturated carbocycles. The van der Waals surface area contributed by atoms with Gasteiger partial charge in [-0.1, -0.05) is 31.2 Å². The fourth-order valence-corrected chi connectivity index (χ4v) is 2.28. The Kier molecular flexibility index (Phi) is 4.59. The van der Waals surface area contributed by atoms with Gasteiger partial charge in [-0.25, -0.2) is 0 Å². The monoisotopic (exact) mass is 314 g/mol. The maximum Gasteiger partial charge on any atom is 0.100 e. The van der Waals surface area contributed by atoms with E-state index in [9.17, 15) is 0 Å². The Hall–Kier alpha value is -1.79. The lowest BCUT2D eigenvalue weighted by Gasteiger charge is -2.08. The first-order valence-corrected chi connectivity index (χ1v) is 7.03. The summed E-state index contributed by atoms with van der Waals surface area (Å²) >= 11 is 3.39. The Morgan fingerprint density at radius 2 is 1.79 bits per heavy atom. The van der Waals surface area contributed by atoms with Crippen molar-refractivity contribution in [2.24, 2.45) is 0 Å². The molecule has 0 aliphatic rings. The van der Waals surface area contributed by atoms with Crippen molar-refractivity contribution in [1.29, 1.82) is 5.26 Å². The van der Waals surface area contributed by atoms with Gasteiger partial charge >= 0.3 is 0 Å². The van der Waals surface area contributed by atoms with E-state index in [0.29, 0.717) is 5.56 Å². The van der Waals surface area contributed by atoms with Crippen molar-refractivity contribution < 1.29 is 0 Å². The predicted octanol–water partition coefficient (Wildman–Crippen LogP) is 4.50. The average Bonchev–Trinajstić information content (AvgIpc) is 2.46. The number of nitriles is 1. The number of aryl methyl sites for hydroxylation is 1. The highest BCUT2D eigenvalue weighted by Gasteiger charge is 2.00. The third-order valence-electron chi connectivity index (χ3n) is 3.02. The predicted molar refractivity (Wildman–Crippen MR) is 82.0 cm³/mol. The third kappa shape index (κ3) is 3.59. The van der Waals surface area contributed by atoms with E-state index in [1.807, 2.05) is 18.2 Å². The molecule has 0 unspecified atom stereocenters. The molecule has 0 bridgehead atoms. The molecule has 0 radical (unpaired) electrons. The van der Waals surface area contributed by atoms with Crippen molar-refractivity contribution in [2.75, 3.05) is 5.32 Å². The van der Waals surface area contributed by atoms with Crippen LogP contribution in [0, 0.1) is 11.3 Å². The minimum Gasteiger partial charge on any atom is -0.381 e. The molecule has 0 aliphatic heterocycles. The molecule has 0 spiro atoms. The topological polar surface area (TPSA) is 35.8 Å². The lowest BCUT2D eigenvalue weighted by molar-refractivity contribution is 1.11. The molecule has 2 nitrogen and oxygen atoms in total. The number of hydrogen-bond acceptors (Lipinski definition) is 2. The molecule has 0 aliphatic carbocycles. The van der Waals surface area contributed by atoms with Crippen molar-refractivity contribution in [2.45, 2.75) is 19.9 Å². The summed E-state index contributed by atoms with van der Waals surface area (Å²) < 4.78 is 0.821. The van der Waals surface area contributed by atoms with Gasteiger partial charge in [-0.3, -0.25) is 0 Å². The van der Waals surface area contributed by atoms with Crippen LogP contribution >= 0.6 is 15.9 Å². The van der Waals surface area contributed by atoms with Crippen LogP contribution in [0.5, 0.6) is 0 Å². The summed E-state index contributed by atoms with van der Waals surface area (Å²) in [5.41, 5.74) is 4.26. The number of nitrogens with one attached hydrogen (secondary N) is 1. The van der Waals surface area contributed by atoms with Crippen LogP contribution in [0.15, 0.2) is 46.9 Å². The number of halogens is 1. The van der Waals surface area contributed by atoms with E-state index in [0.717, 1.165) is 23.1 Å². The molecule has 1 N–H and O–H groups in total. The van der Waals surface area contributed by atoms with Gasteiger partial charge in [0.25, 0.3) is 0 Å². The molecular formula is C16H15BrN2. The fourth-order valence-electron chi connectivity index (χ4n) is 1.81. The van der Waals surface area contributed by atoms with Crippen LogP contribution in [0.25, 0.3) is 0 Å². The van der Waals surface area contributed by atoms with E-state index in [1.165, 1.54) is 11.1 Å². The summed E-state index contributed by atoms with van der Waals surface area (Å²) in [5, 5.41) is 12.2. The Bertz CT molecular complexity index is 597. The van der Waals surface area contributed by atoms with Crippen LogP contribution in [0.4, 0.5) is 5.69 Å². The maximum absolute atomic E-state index is 8.87. The van der Waals surface area contributed by atoms with E-state index >= 15 is 0 Å². The molecule has 0 aromatic heterocycles. The molecule has 0 heterocycles. The van der Waals surface area contributed by atoms with Gasteiger partial charge in [-0.2, -0.15) is 5.26 Å². The van der Waals surface area contributed by atoms with Crippen LogP contribution in [0.1, 0.15) is 23.6 Å². The molecule has 0 amide bonds. The second kappa shape index (κ2) is 6.40. The normalized spacial score (nSPS) is 9.95. The molecule has 0 atom stereocenters. The summed E-state index contributed by atoms with van der Waals surface area (Å²) in [6, 6.07) is 16.4. The Morgan fingerprint density at radius 3 is 2.37 bits per heavy atom. The van der Waals surface area contributed by atoms with Gasteiger partial charge < -0.3 is 5.32 Å². The largest absolute Gasteiger partial charge is 0.381 e. The van der Waals surface area contributed by atoms with Crippen LogP contribution in [0.2, 0.25) is 0 Å². The molecule has 2 aromatic rings. The smallest absolute Gasteiger partial charge is 0.100 e. The average molecular weight is 315 g/mol. The van der Waals surface area contributed by atoms with Gasteiger partial charge in [-0.15, -0.1) is 0 Å². The van der Waals surface area contributed by atoms with E-state index in [1.54, 1.807) is 0 Å². The maximum atomic E-state index is 8.87.